The van der Waals surface area contributed by atoms with Gasteiger partial charge in [0.2, 0.25) is 11.8 Å². The summed E-state index contributed by atoms with van der Waals surface area (Å²) in [5.74, 6) is -0.470. The average molecular weight is 501 g/mol. The molecule has 36 heavy (non-hydrogen) atoms. The first-order valence-corrected chi connectivity index (χ1v) is 12.0. The first-order valence-electron chi connectivity index (χ1n) is 12.0. The van der Waals surface area contributed by atoms with Crippen LogP contribution in [0.3, 0.4) is 0 Å². The summed E-state index contributed by atoms with van der Waals surface area (Å²) in [5, 5.41) is 8.85. The van der Waals surface area contributed by atoms with Gasteiger partial charge < -0.3 is 36.1 Å². The predicted octanol–water partition coefficient (Wildman–Crippen LogP) is 1.05. The molecule has 0 saturated heterocycles. The molecule has 0 fully saturated rings. The number of rotatable bonds is 11. The lowest BCUT2D eigenvalue weighted by atomic mass is 10.0. The zero-order valence-electron chi connectivity index (χ0n) is 21.2. The molecule has 11 heteroatoms. The van der Waals surface area contributed by atoms with Gasteiger partial charge in [-0.25, -0.2) is 9.78 Å². The van der Waals surface area contributed by atoms with E-state index in [0.29, 0.717) is 30.8 Å². The molecular weight excluding hydrogens is 464 g/mol. The molecule has 2 heterocycles. The van der Waals surface area contributed by atoms with Crippen molar-refractivity contribution in [3.8, 4) is 5.75 Å². The quantitative estimate of drug-likeness (QED) is 0.286. The summed E-state index contributed by atoms with van der Waals surface area (Å²) in [6, 6.07) is 3.72. The molecule has 2 aromatic rings. The second kappa shape index (κ2) is 12.0. The molecule has 196 valence electrons. The Kier molecular flexibility index (Phi) is 9.05. The number of anilines is 1. The van der Waals surface area contributed by atoms with Gasteiger partial charge in [0.05, 0.1) is 12.4 Å². The van der Waals surface area contributed by atoms with Crippen molar-refractivity contribution >= 4 is 23.5 Å². The Morgan fingerprint density at radius 1 is 1.25 bits per heavy atom. The number of H-pyrrole nitrogens is 1. The number of carbonyl (C=O) groups is 3. The highest BCUT2D eigenvalue weighted by atomic mass is 16.6. The van der Waals surface area contributed by atoms with Crippen molar-refractivity contribution in [1.82, 2.24) is 20.6 Å². The number of benzene rings is 1. The summed E-state index contributed by atoms with van der Waals surface area (Å²) in [7, 11) is 0. The largest absolute Gasteiger partial charge is 0.489 e. The van der Waals surface area contributed by atoms with Crippen molar-refractivity contribution in [2.75, 3.05) is 18.5 Å². The van der Waals surface area contributed by atoms with E-state index in [2.05, 4.69) is 25.9 Å². The number of fused-ring (bicyclic) bond motifs is 1. The van der Waals surface area contributed by atoms with Gasteiger partial charge in [0.1, 0.15) is 24.5 Å². The first-order chi connectivity index (χ1) is 17.0. The van der Waals surface area contributed by atoms with E-state index in [9.17, 15) is 14.4 Å². The number of esters is 1. The Bertz CT molecular complexity index is 1050. The van der Waals surface area contributed by atoms with Crippen molar-refractivity contribution in [2.24, 2.45) is 5.73 Å². The van der Waals surface area contributed by atoms with E-state index in [1.807, 2.05) is 32.9 Å². The molecule has 0 radical (unpaired) electrons. The van der Waals surface area contributed by atoms with Crippen LogP contribution in [0.15, 0.2) is 30.7 Å². The van der Waals surface area contributed by atoms with Gasteiger partial charge in [-0.05, 0) is 46.2 Å². The van der Waals surface area contributed by atoms with Crippen LogP contribution in [0.4, 0.5) is 5.69 Å². The first kappa shape index (κ1) is 27.2. The summed E-state index contributed by atoms with van der Waals surface area (Å²) in [6.07, 6.45) is 3.55. The monoisotopic (exact) mass is 500 g/mol. The summed E-state index contributed by atoms with van der Waals surface area (Å²) >= 11 is 0. The van der Waals surface area contributed by atoms with E-state index in [4.69, 9.17) is 15.2 Å². The van der Waals surface area contributed by atoms with E-state index in [1.165, 1.54) is 6.33 Å². The number of nitrogens with two attached hydrogens (primary N) is 1. The minimum absolute atomic E-state index is 0.0296. The molecule has 6 N–H and O–H groups in total. The van der Waals surface area contributed by atoms with Crippen LogP contribution in [-0.2, 0) is 32.0 Å². The number of ether oxygens (including phenoxy) is 2. The molecule has 1 aromatic carbocycles. The Labute approximate surface area is 210 Å². The van der Waals surface area contributed by atoms with Gasteiger partial charge in [-0.1, -0.05) is 6.07 Å². The minimum atomic E-state index is -0.958. The molecule has 0 saturated carbocycles. The van der Waals surface area contributed by atoms with Crippen LogP contribution >= 0.6 is 0 Å². The maximum absolute atomic E-state index is 13.2. The number of nitrogens with one attached hydrogen (secondary N) is 4. The second-order valence-corrected chi connectivity index (χ2v) is 9.96. The molecule has 1 aliphatic rings. The third-order valence-corrected chi connectivity index (χ3v) is 5.57. The number of amides is 2. The lowest BCUT2D eigenvalue weighted by Gasteiger charge is -2.28. The highest BCUT2D eigenvalue weighted by molar-refractivity contribution is 5.94. The van der Waals surface area contributed by atoms with Gasteiger partial charge >= 0.3 is 5.97 Å². The van der Waals surface area contributed by atoms with E-state index in [-0.39, 0.29) is 24.5 Å². The minimum Gasteiger partial charge on any atom is -0.489 e. The smallest absolute Gasteiger partial charge is 0.329 e. The fraction of sp³-hybridized carbons (Fsp3) is 0.520. The van der Waals surface area contributed by atoms with Gasteiger partial charge in [0.25, 0.3) is 0 Å². The Morgan fingerprint density at radius 2 is 2.03 bits per heavy atom. The number of aromatic amines is 1. The second-order valence-electron chi connectivity index (χ2n) is 9.96. The number of carbonyl (C=O) groups excluding carboxylic acids is 3. The topological polar surface area (TPSA) is 160 Å². The maximum Gasteiger partial charge on any atom is 0.329 e. The summed E-state index contributed by atoms with van der Waals surface area (Å²) in [4.78, 5) is 44.1. The standard InChI is InChI=1S/C25H36N6O5/c1-15(26)23(33)31-20(10-16-11-27-14-28-16)24(34)36-17(12-29-25(2,3)4)13-35-21-7-5-6-19-18(21)8-9-22(32)30-19/h5-7,11,14-15,17,20,29H,8-10,12-13,26H2,1-4H3,(H,27,28)(H,30,32)(H,31,33)/t15-,17?,20-/m0/s1. The number of hydrogen-bond acceptors (Lipinski definition) is 8. The molecule has 1 aliphatic heterocycles. The molecule has 11 nitrogen and oxygen atoms in total. The normalized spacial score (nSPS) is 15.8. The lowest BCUT2D eigenvalue weighted by molar-refractivity contribution is -0.154. The van der Waals surface area contributed by atoms with Gasteiger partial charge in [-0.3, -0.25) is 9.59 Å². The van der Waals surface area contributed by atoms with Crippen molar-refractivity contribution < 1.29 is 23.9 Å². The lowest BCUT2D eigenvalue weighted by Crippen LogP contribution is -2.51. The van der Waals surface area contributed by atoms with E-state index < -0.39 is 30.1 Å². The van der Waals surface area contributed by atoms with Crippen molar-refractivity contribution in [1.29, 1.82) is 0 Å². The third-order valence-electron chi connectivity index (χ3n) is 5.57. The SMILES string of the molecule is C[C@H](N)C(=O)N[C@@H](Cc1cnc[nH]1)C(=O)OC(CNC(C)(C)C)COc1cccc2c1CCC(=O)N2. The van der Waals surface area contributed by atoms with Gasteiger partial charge in [0.15, 0.2) is 0 Å². The molecule has 0 spiro atoms. The van der Waals surface area contributed by atoms with Gasteiger partial charge in [-0.15, -0.1) is 0 Å². The predicted molar refractivity (Wildman–Crippen MR) is 134 cm³/mol. The molecule has 3 rings (SSSR count). The van der Waals surface area contributed by atoms with Crippen LogP contribution in [0.2, 0.25) is 0 Å². The van der Waals surface area contributed by atoms with Crippen LogP contribution in [0.1, 0.15) is 45.4 Å². The fourth-order valence-corrected chi connectivity index (χ4v) is 3.62. The number of aromatic nitrogens is 2. The van der Waals surface area contributed by atoms with Crippen LogP contribution < -0.4 is 26.4 Å². The van der Waals surface area contributed by atoms with E-state index in [1.54, 1.807) is 19.2 Å². The van der Waals surface area contributed by atoms with Crippen molar-refractivity contribution in [3.63, 3.8) is 0 Å². The third kappa shape index (κ3) is 8.06. The highest BCUT2D eigenvalue weighted by Gasteiger charge is 2.28. The fourth-order valence-electron chi connectivity index (χ4n) is 3.62. The van der Waals surface area contributed by atoms with E-state index >= 15 is 0 Å². The summed E-state index contributed by atoms with van der Waals surface area (Å²) in [6.45, 7) is 7.98. The zero-order valence-corrected chi connectivity index (χ0v) is 21.2. The molecule has 3 atom stereocenters. The van der Waals surface area contributed by atoms with Gasteiger partial charge in [-0.2, -0.15) is 0 Å². The van der Waals surface area contributed by atoms with Gasteiger partial charge in [0, 0.05) is 48.1 Å². The van der Waals surface area contributed by atoms with Crippen LogP contribution in [0.25, 0.3) is 0 Å². The highest BCUT2D eigenvalue weighted by Crippen LogP contribution is 2.31. The summed E-state index contributed by atoms with van der Waals surface area (Å²) < 4.78 is 11.9. The number of nitrogens with zero attached hydrogens (tertiary/aromatic N) is 1. The molecular formula is C25H36N6O5. The summed E-state index contributed by atoms with van der Waals surface area (Å²) in [5.41, 5.74) is 7.77. The molecule has 0 aliphatic carbocycles. The Morgan fingerprint density at radius 3 is 2.69 bits per heavy atom. The molecule has 1 unspecified atom stereocenters. The van der Waals surface area contributed by atoms with Crippen LogP contribution in [0, 0.1) is 0 Å². The molecule has 0 bridgehead atoms. The Balaban J connectivity index is 1.73. The number of hydrogen-bond donors (Lipinski definition) is 5. The average Bonchev–Trinajstić information content (AvgIpc) is 3.32. The van der Waals surface area contributed by atoms with Crippen molar-refractivity contribution in [2.45, 2.75) is 70.7 Å². The zero-order chi connectivity index (χ0) is 26.3. The Hall–Kier alpha value is -3.44. The van der Waals surface area contributed by atoms with Crippen LogP contribution in [-0.4, -0.2) is 64.6 Å². The molecule has 2 amide bonds. The number of imidazole rings is 1. The maximum atomic E-state index is 13.2. The van der Waals surface area contributed by atoms with E-state index in [0.717, 1.165) is 11.3 Å². The molecule has 1 aromatic heterocycles. The van der Waals surface area contributed by atoms with Crippen molar-refractivity contribution in [3.05, 3.63) is 42.0 Å². The van der Waals surface area contributed by atoms with Crippen LogP contribution in [0.5, 0.6) is 5.75 Å².